The average Bonchev–Trinajstić information content (AvgIpc) is 3.10. The highest BCUT2D eigenvalue weighted by Crippen LogP contribution is 2.37. The zero-order valence-electron chi connectivity index (χ0n) is 12.4. The molecule has 4 heteroatoms. The summed E-state index contributed by atoms with van der Waals surface area (Å²) in [6.45, 7) is 3.08. The Hall–Kier alpha value is -2.49. The van der Waals surface area contributed by atoms with E-state index in [-0.39, 0.29) is 6.03 Å². The Labute approximate surface area is 130 Å². The molecule has 2 amide bonds. The van der Waals surface area contributed by atoms with Crippen molar-refractivity contribution in [2.75, 3.05) is 31.5 Å². The number of fused-ring (bicyclic) bond motifs is 3. The summed E-state index contributed by atoms with van der Waals surface area (Å²) in [6, 6.07) is 15.2. The molecule has 4 rings (SSSR count). The molecule has 1 fully saturated rings. The van der Waals surface area contributed by atoms with E-state index in [0.717, 1.165) is 38.3 Å². The van der Waals surface area contributed by atoms with E-state index in [0.29, 0.717) is 0 Å². The van der Waals surface area contributed by atoms with E-state index in [4.69, 9.17) is 0 Å². The van der Waals surface area contributed by atoms with Crippen LogP contribution < -0.4 is 10.6 Å². The highest BCUT2D eigenvalue weighted by Gasteiger charge is 2.19. The Kier molecular flexibility index (Phi) is 3.22. The number of carbonyl (C=O) groups is 1. The highest BCUT2D eigenvalue weighted by atomic mass is 16.2. The number of urea groups is 1. The highest BCUT2D eigenvalue weighted by molar-refractivity contribution is 5.78. The molecule has 0 aromatic heterocycles. The maximum atomic E-state index is 11.5. The molecule has 1 aliphatic heterocycles. The number of hydrogen-bond acceptors (Lipinski definition) is 2. The van der Waals surface area contributed by atoms with Crippen LogP contribution in [0.1, 0.15) is 11.1 Å². The van der Waals surface area contributed by atoms with Gasteiger partial charge in [0.05, 0.1) is 0 Å². The first-order valence-corrected chi connectivity index (χ1v) is 7.79. The minimum absolute atomic E-state index is 0.0474. The van der Waals surface area contributed by atoms with Gasteiger partial charge in [-0.15, -0.1) is 0 Å². The molecule has 0 radical (unpaired) electrons. The van der Waals surface area contributed by atoms with Gasteiger partial charge in [-0.1, -0.05) is 30.3 Å². The number of nitrogens with one attached hydrogen (secondary N) is 2. The second-order valence-corrected chi connectivity index (χ2v) is 5.85. The quantitative estimate of drug-likeness (QED) is 0.777. The molecule has 2 aliphatic rings. The molecule has 0 atom stereocenters. The number of benzene rings is 2. The molecule has 1 heterocycles. The standard InChI is InChI=1S/C18H19N3O/c22-18-20-8-10-21(18)9-7-19-15-5-6-17-14(12-15)11-13-3-1-2-4-16(13)17/h1-6,12,19H,7-11H2,(H,20,22). The summed E-state index contributed by atoms with van der Waals surface area (Å²) in [5, 5.41) is 6.25. The van der Waals surface area contributed by atoms with Crippen molar-refractivity contribution in [2.45, 2.75) is 6.42 Å². The Morgan fingerprint density at radius 2 is 1.95 bits per heavy atom. The summed E-state index contributed by atoms with van der Waals surface area (Å²) in [4.78, 5) is 13.3. The largest absolute Gasteiger partial charge is 0.383 e. The summed E-state index contributed by atoms with van der Waals surface area (Å²) in [6.07, 6.45) is 1.01. The number of rotatable bonds is 4. The van der Waals surface area contributed by atoms with Gasteiger partial charge >= 0.3 is 6.03 Å². The fourth-order valence-electron chi connectivity index (χ4n) is 3.31. The number of amides is 2. The Morgan fingerprint density at radius 3 is 2.82 bits per heavy atom. The Balaban J connectivity index is 1.42. The van der Waals surface area contributed by atoms with Crippen LogP contribution >= 0.6 is 0 Å². The van der Waals surface area contributed by atoms with Gasteiger partial charge in [-0.2, -0.15) is 0 Å². The molecule has 2 N–H and O–H groups in total. The van der Waals surface area contributed by atoms with E-state index in [1.54, 1.807) is 0 Å². The lowest BCUT2D eigenvalue weighted by molar-refractivity contribution is 0.219. The Bertz CT molecular complexity index is 726. The molecule has 1 saturated heterocycles. The van der Waals surface area contributed by atoms with Gasteiger partial charge < -0.3 is 15.5 Å². The third-order valence-electron chi connectivity index (χ3n) is 4.45. The monoisotopic (exact) mass is 293 g/mol. The molecule has 0 bridgehead atoms. The SMILES string of the molecule is O=C1NCCN1CCNc1ccc2c(c1)Cc1ccccc1-2. The second-order valence-electron chi connectivity index (χ2n) is 5.85. The van der Waals surface area contributed by atoms with Gasteiger partial charge in [-0.05, 0) is 40.8 Å². The number of carbonyl (C=O) groups excluding carboxylic acids is 1. The summed E-state index contributed by atoms with van der Waals surface area (Å²) in [5.74, 6) is 0. The van der Waals surface area contributed by atoms with Crippen molar-refractivity contribution >= 4 is 11.7 Å². The minimum atomic E-state index is 0.0474. The first kappa shape index (κ1) is 13.2. The van der Waals surface area contributed by atoms with Gasteiger partial charge in [-0.3, -0.25) is 0 Å². The van der Waals surface area contributed by atoms with Gasteiger partial charge in [0.2, 0.25) is 0 Å². The molecule has 112 valence electrons. The molecule has 22 heavy (non-hydrogen) atoms. The summed E-state index contributed by atoms with van der Waals surface area (Å²) in [7, 11) is 0. The number of anilines is 1. The van der Waals surface area contributed by atoms with E-state index in [2.05, 4.69) is 53.1 Å². The lowest BCUT2D eigenvalue weighted by Gasteiger charge is -2.15. The first-order chi connectivity index (χ1) is 10.8. The summed E-state index contributed by atoms with van der Waals surface area (Å²) in [5.41, 5.74) is 6.62. The third kappa shape index (κ3) is 2.30. The van der Waals surface area contributed by atoms with Crippen molar-refractivity contribution in [1.29, 1.82) is 0 Å². The molecule has 1 aliphatic carbocycles. The minimum Gasteiger partial charge on any atom is -0.383 e. The van der Waals surface area contributed by atoms with Crippen LogP contribution in [-0.4, -0.2) is 37.1 Å². The normalized spacial score (nSPS) is 15.5. The van der Waals surface area contributed by atoms with E-state index < -0.39 is 0 Å². The molecular formula is C18H19N3O. The molecule has 0 spiro atoms. The van der Waals surface area contributed by atoms with E-state index in [9.17, 15) is 4.79 Å². The van der Waals surface area contributed by atoms with Crippen LogP contribution in [-0.2, 0) is 6.42 Å². The Morgan fingerprint density at radius 1 is 1.09 bits per heavy atom. The van der Waals surface area contributed by atoms with E-state index in [1.165, 1.54) is 22.3 Å². The van der Waals surface area contributed by atoms with Crippen molar-refractivity contribution in [3.63, 3.8) is 0 Å². The summed E-state index contributed by atoms with van der Waals surface area (Å²) < 4.78 is 0. The van der Waals surface area contributed by atoms with Crippen LogP contribution in [0.25, 0.3) is 11.1 Å². The second kappa shape index (κ2) is 5.37. The molecule has 4 nitrogen and oxygen atoms in total. The van der Waals surface area contributed by atoms with Crippen molar-refractivity contribution < 1.29 is 4.79 Å². The predicted octanol–water partition coefficient (Wildman–Crippen LogP) is 2.69. The topological polar surface area (TPSA) is 44.4 Å². The van der Waals surface area contributed by atoms with Crippen molar-refractivity contribution in [3.05, 3.63) is 53.6 Å². The van der Waals surface area contributed by atoms with E-state index in [1.807, 2.05) is 4.90 Å². The molecule has 2 aromatic rings. The fourth-order valence-corrected chi connectivity index (χ4v) is 3.31. The van der Waals surface area contributed by atoms with Gasteiger partial charge in [-0.25, -0.2) is 4.79 Å². The van der Waals surface area contributed by atoms with Crippen molar-refractivity contribution in [1.82, 2.24) is 10.2 Å². The van der Waals surface area contributed by atoms with Crippen molar-refractivity contribution in [2.24, 2.45) is 0 Å². The van der Waals surface area contributed by atoms with Gasteiger partial charge in [0.25, 0.3) is 0 Å². The maximum Gasteiger partial charge on any atom is 0.317 e. The maximum absolute atomic E-state index is 11.5. The number of hydrogen-bond donors (Lipinski definition) is 2. The van der Waals surface area contributed by atoms with Crippen LogP contribution in [0.2, 0.25) is 0 Å². The van der Waals surface area contributed by atoms with Crippen LogP contribution in [0.3, 0.4) is 0 Å². The van der Waals surface area contributed by atoms with Gasteiger partial charge in [0, 0.05) is 31.9 Å². The lowest BCUT2D eigenvalue weighted by Crippen LogP contribution is -2.32. The summed E-state index contributed by atoms with van der Waals surface area (Å²) >= 11 is 0. The lowest BCUT2D eigenvalue weighted by atomic mass is 10.1. The first-order valence-electron chi connectivity index (χ1n) is 7.79. The van der Waals surface area contributed by atoms with Crippen molar-refractivity contribution in [3.8, 4) is 11.1 Å². The van der Waals surface area contributed by atoms with Crippen LogP contribution in [0, 0.1) is 0 Å². The van der Waals surface area contributed by atoms with Crippen LogP contribution in [0.15, 0.2) is 42.5 Å². The van der Waals surface area contributed by atoms with Crippen LogP contribution in [0.4, 0.5) is 10.5 Å². The van der Waals surface area contributed by atoms with E-state index >= 15 is 0 Å². The van der Waals surface area contributed by atoms with Gasteiger partial charge in [0.15, 0.2) is 0 Å². The molecular weight excluding hydrogens is 274 g/mol. The smallest absolute Gasteiger partial charge is 0.317 e. The zero-order chi connectivity index (χ0) is 14.9. The van der Waals surface area contributed by atoms with Crippen LogP contribution in [0.5, 0.6) is 0 Å². The molecule has 0 unspecified atom stereocenters. The number of nitrogens with zero attached hydrogens (tertiary/aromatic N) is 1. The predicted molar refractivity (Wildman–Crippen MR) is 88.1 cm³/mol. The van der Waals surface area contributed by atoms with Gasteiger partial charge in [0.1, 0.15) is 0 Å². The third-order valence-corrected chi connectivity index (χ3v) is 4.45. The molecule has 2 aromatic carbocycles. The zero-order valence-corrected chi connectivity index (χ0v) is 12.4. The fraction of sp³-hybridized carbons (Fsp3) is 0.278. The molecule has 0 saturated carbocycles. The average molecular weight is 293 g/mol.